The molecule has 0 atom stereocenters. The van der Waals surface area contributed by atoms with Gasteiger partial charge in [0.1, 0.15) is 5.82 Å². The Balaban J connectivity index is 3.17. The second-order valence-corrected chi connectivity index (χ2v) is 6.05. The third-order valence-corrected chi connectivity index (χ3v) is 4.45. The van der Waals surface area contributed by atoms with E-state index in [1.165, 1.54) is 25.3 Å². The fourth-order valence-electron chi connectivity index (χ4n) is 1.10. The van der Waals surface area contributed by atoms with E-state index in [9.17, 15) is 12.8 Å². The minimum atomic E-state index is -3.64. The quantitative estimate of drug-likeness (QED) is 0.801. The van der Waals surface area contributed by atoms with Gasteiger partial charge in [-0.2, -0.15) is 4.31 Å². The smallest absolute Gasteiger partial charge is 0.207 e. The van der Waals surface area contributed by atoms with Crippen molar-refractivity contribution in [2.45, 2.75) is 4.90 Å². The van der Waals surface area contributed by atoms with Crippen molar-refractivity contribution in [3.05, 3.63) is 41.1 Å². The maximum absolute atomic E-state index is 13.2. The van der Waals surface area contributed by atoms with E-state index in [0.717, 1.165) is 10.4 Å². The molecule has 0 unspecified atom stereocenters. The average molecular weight is 308 g/mol. The molecule has 0 amide bonds. The number of rotatable bonds is 4. The van der Waals surface area contributed by atoms with Gasteiger partial charge in [-0.05, 0) is 34.1 Å². The van der Waals surface area contributed by atoms with Gasteiger partial charge in [-0.15, -0.1) is 6.58 Å². The molecule has 0 saturated carbocycles. The van der Waals surface area contributed by atoms with Crippen molar-refractivity contribution < 1.29 is 12.8 Å². The molecule has 0 aromatic heterocycles. The molecule has 0 aliphatic heterocycles. The van der Waals surface area contributed by atoms with Crippen LogP contribution in [0.1, 0.15) is 0 Å². The zero-order valence-electron chi connectivity index (χ0n) is 8.65. The third-order valence-electron chi connectivity index (χ3n) is 1.99. The topological polar surface area (TPSA) is 37.4 Å². The molecule has 0 saturated heterocycles. The van der Waals surface area contributed by atoms with Crippen LogP contribution < -0.4 is 0 Å². The fraction of sp³-hybridized carbons (Fsp3) is 0.200. The standard InChI is InChI=1S/C10H11BrFNO2S/c1-3-6-13(2)16(14,15)8-4-5-9(11)10(12)7-8/h3-5,7H,1,6H2,2H3. The van der Waals surface area contributed by atoms with Crippen molar-refractivity contribution in [2.75, 3.05) is 13.6 Å². The minimum absolute atomic E-state index is 0.0717. The summed E-state index contributed by atoms with van der Waals surface area (Å²) in [7, 11) is -2.23. The number of nitrogens with zero attached hydrogens (tertiary/aromatic N) is 1. The molecule has 0 aliphatic rings. The van der Waals surface area contributed by atoms with Crippen LogP contribution in [0.25, 0.3) is 0 Å². The lowest BCUT2D eigenvalue weighted by atomic mass is 10.3. The third kappa shape index (κ3) is 2.69. The van der Waals surface area contributed by atoms with Crippen LogP contribution in [0.15, 0.2) is 40.2 Å². The second kappa shape index (κ2) is 5.07. The second-order valence-electron chi connectivity index (χ2n) is 3.15. The highest BCUT2D eigenvalue weighted by Crippen LogP contribution is 2.21. The van der Waals surface area contributed by atoms with Crippen molar-refractivity contribution in [3.8, 4) is 0 Å². The summed E-state index contributed by atoms with van der Waals surface area (Å²) in [4.78, 5) is -0.0717. The minimum Gasteiger partial charge on any atom is -0.207 e. The van der Waals surface area contributed by atoms with E-state index in [2.05, 4.69) is 22.5 Å². The maximum Gasteiger partial charge on any atom is 0.243 e. The summed E-state index contributed by atoms with van der Waals surface area (Å²) in [6.45, 7) is 3.63. The summed E-state index contributed by atoms with van der Waals surface area (Å²) in [5.74, 6) is -0.604. The molecular formula is C10H11BrFNO2S. The van der Waals surface area contributed by atoms with Gasteiger partial charge in [-0.25, -0.2) is 12.8 Å². The molecule has 88 valence electrons. The molecule has 0 bridgehead atoms. The molecule has 1 aromatic carbocycles. The summed E-state index contributed by atoms with van der Waals surface area (Å²) < 4.78 is 38.3. The van der Waals surface area contributed by atoms with E-state index < -0.39 is 15.8 Å². The first-order valence-electron chi connectivity index (χ1n) is 4.42. The van der Waals surface area contributed by atoms with Gasteiger partial charge >= 0.3 is 0 Å². The molecule has 0 heterocycles. The molecule has 0 fully saturated rings. The molecule has 6 heteroatoms. The Morgan fingerprint density at radius 3 is 2.69 bits per heavy atom. The van der Waals surface area contributed by atoms with Gasteiger partial charge in [0.05, 0.1) is 9.37 Å². The van der Waals surface area contributed by atoms with E-state index >= 15 is 0 Å². The van der Waals surface area contributed by atoms with Gasteiger partial charge in [0.2, 0.25) is 10.0 Å². The fourth-order valence-corrected chi connectivity index (χ4v) is 2.50. The van der Waals surface area contributed by atoms with E-state index in [4.69, 9.17) is 0 Å². The van der Waals surface area contributed by atoms with Crippen molar-refractivity contribution in [1.29, 1.82) is 0 Å². The van der Waals surface area contributed by atoms with Crippen molar-refractivity contribution in [3.63, 3.8) is 0 Å². The van der Waals surface area contributed by atoms with Crippen LogP contribution in [0.5, 0.6) is 0 Å². The van der Waals surface area contributed by atoms with Crippen molar-refractivity contribution >= 4 is 26.0 Å². The predicted molar refractivity (Wildman–Crippen MR) is 64.1 cm³/mol. The van der Waals surface area contributed by atoms with Gasteiger partial charge in [-0.3, -0.25) is 0 Å². The molecule has 1 rings (SSSR count). The molecule has 16 heavy (non-hydrogen) atoms. The van der Waals surface area contributed by atoms with Gasteiger partial charge in [-0.1, -0.05) is 6.08 Å². The number of likely N-dealkylation sites (N-methyl/N-ethyl adjacent to an activating group) is 1. The van der Waals surface area contributed by atoms with Crippen LogP contribution in [-0.4, -0.2) is 26.3 Å². The first-order valence-corrected chi connectivity index (χ1v) is 6.65. The summed E-state index contributed by atoms with van der Waals surface area (Å²) in [5, 5.41) is 0. The van der Waals surface area contributed by atoms with Crippen LogP contribution in [0.4, 0.5) is 4.39 Å². The van der Waals surface area contributed by atoms with E-state index in [1.807, 2.05) is 0 Å². The molecule has 3 nitrogen and oxygen atoms in total. The molecular weight excluding hydrogens is 297 g/mol. The molecule has 0 N–H and O–H groups in total. The largest absolute Gasteiger partial charge is 0.243 e. The SMILES string of the molecule is C=CCN(C)S(=O)(=O)c1ccc(Br)c(F)c1. The van der Waals surface area contributed by atoms with Crippen LogP contribution in [0, 0.1) is 5.82 Å². The van der Waals surface area contributed by atoms with Crippen LogP contribution in [-0.2, 0) is 10.0 Å². The van der Waals surface area contributed by atoms with Crippen LogP contribution in [0.2, 0.25) is 0 Å². The predicted octanol–water partition coefficient (Wildman–Crippen LogP) is 2.39. The zero-order chi connectivity index (χ0) is 12.3. The maximum atomic E-state index is 13.2. The van der Waals surface area contributed by atoms with E-state index in [1.54, 1.807) is 0 Å². The monoisotopic (exact) mass is 307 g/mol. The summed E-state index contributed by atoms with van der Waals surface area (Å²) in [6, 6.07) is 3.70. The molecule has 1 aromatic rings. The Morgan fingerprint density at radius 1 is 1.56 bits per heavy atom. The highest BCUT2D eigenvalue weighted by molar-refractivity contribution is 9.10. The highest BCUT2D eigenvalue weighted by Gasteiger charge is 2.20. The number of hydrogen-bond donors (Lipinski definition) is 0. The summed E-state index contributed by atoms with van der Waals surface area (Å²) >= 11 is 2.96. The number of hydrogen-bond acceptors (Lipinski definition) is 2. The van der Waals surface area contributed by atoms with Crippen LogP contribution in [0.3, 0.4) is 0 Å². The Morgan fingerprint density at radius 2 is 2.19 bits per heavy atom. The first kappa shape index (κ1) is 13.3. The van der Waals surface area contributed by atoms with E-state index in [-0.39, 0.29) is 15.9 Å². The van der Waals surface area contributed by atoms with Gasteiger partial charge in [0, 0.05) is 13.6 Å². The summed E-state index contributed by atoms with van der Waals surface area (Å²) in [5.41, 5.74) is 0. The lowest BCUT2D eigenvalue weighted by Crippen LogP contribution is -2.27. The Kier molecular flexibility index (Phi) is 4.23. The Bertz CT molecular complexity index is 502. The summed E-state index contributed by atoms with van der Waals surface area (Å²) in [6.07, 6.45) is 1.47. The normalized spacial score (nSPS) is 11.8. The Labute approximate surface area is 103 Å². The van der Waals surface area contributed by atoms with E-state index in [0.29, 0.717) is 0 Å². The molecule has 0 aliphatic carbocycles. The van der Waals surface area contributed by atoms with Crippen LogP contribution >= 0.6 is 15.9 Å². The lowest BCUT2D eigenvalue weighted by Gasteiger charge is -2.15. The average Bonchev–Trinajstić information content (AvgIpc) is 2.22. The number of benzene rings is 1. The lowest BCUT2D eigenvalue weighted by molar-refractivity contribution is 0.498. The van der Waals surface area contributed by atoms with Gasteiger partial charge in [0.15, 0.2) is 0 Å². The zero-order valence-corrected chi connectivity index (χ0v) is 11.1. The van der Waals surface area contributed by atoms with Crippen molar-refractivity contribution in [2.24, 2.45) is 0 Å². The Hall–Kier alpha value is -0.720. The first-order chi connectivity index (χ1) is 7.39. The molecule has 0 radical (unpaired) electrons. The van der Waals surface area contributed by atoms with Gasteiger partial charge < -0.3 is 0 Å². The number of sulfonamides is 1. The molecule has 0 spiro atoms. The van der Waals surface area contributed by atoms with Gasteiger partial charge in [0.25, 0.3) is 0 Å². The highest BCUT2D eigenvalue weighted by atomic mass is 79.9. The number of halogens is 2. The van der Waals surface area contributed by atoms with Crippen molar-refractivity contribution in [1.82, 2.24) is 4.31 Å².